The van der Waals surface area contributed by atoms with Crippen LogP contribution < -0.4 is 4.72 Å². The van der Waals surface area contributed by atoms with E-state index in [0.717, 1.165) is 11.8 Å². The van der Waals surface area contributed by atoms with E-state index in [1.165, 1.54) is 0 Å². The van der Waals surface area contributed by atoms with Gasteiger partial charge in [-0.1, -0.05) is 6.04 Å². The first kappa shape index (κ1) is 5.12. The van der Waals surface area contributed by atoms with E-state index in [2.05, 4.69) is 4.98 Å². The number of H-pyrrole nitrogens is 1. The first-order chi connectivity index (χ1) is 15.0. The average Bonchev–Trinajstić information content (AvgIpc) is 2.95. The Balaban J connectivity index is 2.90. The average molecular weight is 309 g/mol. The monoisotopic (exact) mass is 309 g/mol. The van der Waals surface area contributed by atoms with Crippen molar-refractivity contribution in [2.45, 2.75) is 12.1 Å². The molecule has 0 atom stereocenters. The van der Waals surface area contributed by atoms with E-state index in [9.17, 15) is 8.42 Å². The predicted octanol–water partition coefficient (Wildman–Crippen LogP) is 1.32. The van der Waals surface area contributed by atoms with Gasteiger partial charge >= 0.3 is 0 Å². The summed E-state index contributed by atoms with van der Waals surface area (Å²) < 4.78 is 135. The molecule has 0 spiro atoms. The number of benzene rings is 1. The number of aromatic nitrogens is 1. The SMILES string of the molecule is [2H]c1[nH]c2c([2H])c([2H])c(C([2H])([2H])S(=O)(=O)NC([2H])([2H])[2H])c([2H])c2c1C([2H])([2H])CN(C)C([2H])([2H])[2H]. The first-order valence-electron chi connectivity index (χ1n) is 12.3. The predicted molar refractivity (Wildman–Crippen MR) is 82.2 cm³/mol. The van der Waals surface area contributed by atoms with Crippen molar-refractivity contribution < 1.29 is 27.6 Å². The van der Waals surface area contributed by atoms with E-state index in [1.54, 1.807) is 0 Å². The zero-order chi connectivity index (χ0) is 26.8. The number of hydrogen-bond acceptors (Lipinski definition) is 3. The number of hydrogen-bond donors (Lipinski definition) is 2. The molecule has 20 heavy (non-hydrogen) atoms. The van der Waals surface area contributed by atoms with Crippen LogP contribution >= 0.6 is 0 Å². The van der Waals surface area contributed by atoms with Gasteiger partial charge in [0, 0.05) is 37.3 Å². The van der Waals surface area contributed by atoms with Crippen molar-refractivity contribution in [3.05, 3.63) is 35.4 Å². The zero-order valence-corrected chi connectivity index (χ0v) is 11.2. The van der Waals surface area contributed by atoms with Gasteiger partial charge in [0.25, 0.3) is 0 Å². The standard InChI is InChI=1S/C14H21N3O2S/c1-15-20(18,19)10-11-4-5-14-13(8-11)12(9-16-14)6-7-17(2)3/h4-5,8-9,15-16H,6-7,10H2,1-3H3/i1D3,2D3,4D,5D,6D2,8D,9D,10D2. The van der Waals surface area contributed by atoms with Crippen LogP contribution in [0.5, 0.6) is 0 Å². The number of likely N-dealkylation sites (N-methyl/N-ethyl adjacent to an activating group) is 1. The minimum Gasteiger partial charge on any atom is -0.361 e. The van der Waals surface area contributed by atoms with Crippen molar-refractivity contribution in [2.24, 2.45) is 0 Å². The molecule has 1 heterocycles. The molecular weight excluding hydrogens is 274 g/mol. The summed E-state index contributed by atoms with van der Waals surface area (Å²) in [5, 5.41) is -0.599. The zero-order valence-electron chi connectivity index (χ0n) is 24.4. The van der Waals surface area contributed by atoms with Crippen molar-refractivity contribution in [1.82, 2.24) is 14.6 Å². The van der Waals surface area contributed by atoms with Crippen LogP contribution in [0.4, 0.5) is 0 Å². The molecule has 1 aromatic carbocycles. The van der Waals surface area contributed by atoms with Gasteiger partial charge < -0.3 is 9.88 Å². The van der Waals surface area contributed by atoms with E-state index in [1.807, 2.05) is 0 Å². The van der Waals surface area contributed by atoms with Gasteiger partial charge in [0.1, 0.15) is 0 Å². The molecule has 0 unspecified atom stereocenters. The van der Waals surface area contributed by atoms with Crippen LogP contribution in [0.25, 0.3) is 10.9 Å². The molecular formula is C14H21N3O2S. The number of nitrogens with zero attached hydrogens (tertiary/aromatic N) is 1. The summed E-state index contributed by atoms with van der Waals surface area (Å²) >= 11 is 0. The Bertz CT molecular complexity index is 1220. The van der Waals surface area contributed by atoms with Gasteiger partial charge in [-0.15, -0.1) is 0 Å². The normalized spacial score (nSPS) is 25.3. The maximum Gasteiger partial charge on any atom is 0.215 e. The van der Waals surface area contributed by atoms with E-state index in [4.69, 9.17) is 19.2 Å². The number of aromatic amines is 1. The van der Waals surface area contributed by atoms with Crippen LogP contribution in [0.1, 0.15) is 30.3 Å². The lowest BCUT2D eigenvalue weighted by Gasteiger charge is -2.08. The summed E-state index contributed by atoms with van der Waals surface area (Å²) in [5.41, 5.74) is -6.04. The van der Waals surface area contributed by atoms with Gasteiger partial charge in [0.2, 0.25) is 10.0 Å². The summed E-state index contributed by atoms with van der Waals surface area (Å²) in [6.45, 7) is -6.90. The quantitative estimate of drug-likeness (QED) is 0.846. The maximum absolute atomic E-state index is 12.5. The molecule has 110 valence electrons. The smallest absolute Gasteiger partial charge is 0.215 e. The van der Waals surface area contributed by atoms with Gasteiger partial charge in [-0.3, -0.25) is 0 Å². The van der Waals surface area contributed by atoms with Crippen LogP contribution in [0.3, 0.4) is 0 Å². The minimum absolute atomic E-state index is 0.434. The molecule has 0 amide bonds. The molecule has 6 heteroatoms. The van der Waals surface area contributed by atoms with Gasteiger partial charge in [-0.05, 0) is 50.6 Å². The molecule has 0 fully saturated rings. The molecule has 0 aliphatic heterocycles. The fraction of sp³-hybridized carbons (Fsp3) is 0.429. The van der Waals surface area contributed by atoms with Gasteiger partial charge in [-0.25, -0.2) is 13.1 Å². The molecule has 2 rings (SSSR count). The highest BCUT2D eigenvalue weighted by Crippen LogP contribution is 2.21. The molecule has 0 saturated heterocycles. The largest absolute Gasteiger partial charge is 0.361 e. The Morgan fingerprint density at radius 3 is 3.15 bits per heavy atom. The lowest BCUT2D eigenvalue weighted by molar-refractivity contribution is 0.414. The van der Waals surface area contributed by atoms with Crippen molar-refractivity contribution in [1.29, 1.82) is 0 Å². The number of rotatable bonds is 6. The van der Waals surface area contributed by atoms with E-state index >= 15 is 0 Å². The fourth-order valence-electron chi connectivity index (χ4n) is 1.42. The minimum atomic E-state index is -5.42. The first-order valence-corrected chi connectivity index (χ1v) is 6.82. The Hall–Kier alpha value is -1.37. The molecule has 5 nitrogen and oxygen atoms in total. The summed E-state index contributed by atoms with van der Waals surface area (Å²) in [5.74, 6) is 0. The highest BCUT2D eigenvalue weighted by Gasteiger charge is 2.11. The van der Waals surface area contributed by atoms with Gasteiger partial charge in [0.05, 0.1) is 11.2 Å². The molecule has 0 aliphatic carbocycles. The number of nitrogens with one attached hydrogen (secondary N) is 2. The topological polar surface area (TPSA) is 65.2 Å². The third-order valence-electron chi connectivity index (χ3n) is 2.24. The molecule has 0 saturated carbocycles. The summed E-state index contributed by atoms with van der Waals surface area (Å²) in [7, 11) is -4.33. The fourth-order valence-corrected chi connectivity index (χ4v) is 1.84. The summed E-state index contributed by atoms with van der Waals surface area (Å²) in [4.78, 5) is 2.97. The Morgan fingerprint density at radius 1 is 1.55 bits per heavy atom. The van der Waals surface area contributed by atoms with Crippen molar-refractivity contribution in [3.8, 4) is 0 Å². The highest BCUT2D eigenvalue weighted by molar-refractivity contribution is 7.88. The second kappa shape index (κ2) is 5.95. The lowest BCUT2D eigenvalue weighted by atomic mass is 10.1. The Morgan fingerprint density at radius 2 is 2.40 bits per heavy atom. The van der Waals surface area contributed by atoms with Gasteiger partial charge in [0.15, 0.2) is 0 Å². The van der Waals surface area contributed by atoms with Crippen LogP contribution in [0.15, 0.2) is 24.3 Å². The Labute approximate surface area is 139 Å². The van der Waals surface area contributed by atoms with Crippen LogP contribution in [0, 0.1) is 0 Å². The molecule has 1 aromatic heterocycles. The highest BCUT2D eigenvalue weighted by atomic mass is 32.2. The maximum atomic E-state index is 12.5. The van der Waals surface area contributed by atoms with Crippen LogP contribution in [0.2, 0.25) is 0 Å². The van der Waals surface area contributed by atoms with Crippen molar-refractivity contribution in [2.75, 3.05) is 27.5 Å². The molecule has 2 aromatic rings. The second-order valence-electron chi connectivity index (χ2n) is 3.87. The molecule has 0 bridgehead atoms. The van der Waals surface area contributed by atoms with E-state index < -0.39 is 88.9 Å². The number of sulfonamides is 1. The van der Waals surface area contributed by atoms with Crippen LogP contribution in [-0.2, 0) is 22.1 Å². The van der Waals surface area contributed by atoms with Gasteiger partial charge in [-0.2, -0.15) is 0 Å². The third-order valence-corrected chi connectivity index (χ3v) is 2.98. The molecule has 2 N–H and O–H groups in total. The number of fused-ring (bicyclic) bond motifs is 1. The third kappa shape index (κ3) is 3.59. The van der Waals surface area contributed by atoms with Crippen LogP contribution in [-0.4, -0.2) is 45.8 Å². The van der Waals surface area contributed by atoms with E-state index in [-0.39, 0.29) is 0 Å². The Kier molecular flexibility index (Phi) is 1.52. The second-order valence-corrected chi connectivity index (χ2v) is 5.28. The summed E-state index contributed by atoms with van der Waals surface area (Å²) in [6, 6.07) is -3.03. The van der Waals surface area contributed by atoms with E-state index in [0.29, 0.717) is 4.90 Å². The molecule has 0 radical (unpaired) electrons. The van der Waals surface area contributed by atoms with Crippen molar-refractivity contribution in [3.63, 3.8) is 0 Å². The summed E-state index contributed by atoms with van der Waals surface area (Å²) in [6.07, 6.45) is -3.36. The lowest BCUT2D eigenvalue weighted by Crippen LogP contribution is -2.20. The van der Waals surface area contributed by atoms with Crippen molar-refractivity contribution >= 4 is 20.9 Å². The molecule has 0 aliphatic rings.